The van der Waals surface area contributed by atoms with Crippen LogP contribution in [0.1, 0.15) is 18.3 Å². The van der Waals surface area contributed by atoms with Crippen LogP contribution in [0, 0.1) is 0 Å². The Labute approximate surface area is 187 Å². The van der Waals surface area contributed by atoms with E-state index in [0.717, 1.165) is 73.1 Å². The molecule has 3 rings (SSSR count). The molecule has 1 fully saturated rings. The number of nitrogens with one attached hydrogen (secondary N) is 1. The summed E-state index contributed by atoms with van der Waals surface area (Å²) in [5.74, 6) is 1.88. The number of rotatable bonds is 5. The zero-order valence-corrected chi connectivity index (χ0v) is 19.6. The molecule has 0 radical (unpaired) electrons. The molecule has 1 saturated heterocycles. The molecule has 6 nitrogen and oxygen atoms in total. The second-order valence-electron chi connectivity index (χ2n) is 6.14. The van der Waals surface area contributed by atoms with Crippen molar-refractivity contribution in [2.75, 3.05) is 44.7 Å². The predicted molar refractivity (Wildman–Crippen MR) is 125 cm³/mol. The molecule has 0 atom stereocenters. The van der Waals surface area contributed by atoms with E-state index in [1.165, 1.54) is 11.5 Å². The molecule has 27 heavy (non-hydrogen) atoms. The highest BCUT2D eigenvalue weighted by atomic mass is 127. The summed E-state index contributed by atoms with van der Waals surface area (Å²) >= 11 is 7.72. The lowest BCUT2D eigenvalue weighted by atomic mass is 10.1. The lowest BCUT2D eigenvalue weighted by Crippen LogP contribution is -2.52. The summed E-state index contributed by atoms with van der Waals surface area (Å²) in [6, 6.07) is 7.98. The number of anilines is 1. The highest BCUT2D eigenvalue weighted by Gasteiger charge is 2.21. The average Bonchev–Trinajstić information content (AvgIpc) is 3.16. The van der Waals surface area contributed by atoms with Crippen molar-refractivity contribution in [3.8, 4) is 0 Å². The fourth-order valence-corrected chi connectivity index (χ4v) is 4.00. The van der Waals surface area contributed by atoms with E-state index in [9.17, 15) is 0 Å². The van der Waals surface area contributed by atoms with Gasteiger partial charge in [0.25, 0.3) is 0 Å². The van der Waals surface area contributed by atoms with Gasteiger partial charge >= 0.3 is 0 Å². The van der Waals surface area contributed by atoms with Gasteiger partial charge in [-0.15, -0.1) is 24.0 Å². The number of hydrogen-bond donors (Lipinski definition) is 1. The van der Waals surface area contributed by atoms with Crippen LogP contribution >= 0.6 is 47.1 Å². The topological polar surface area (TPSA) is 56.7 Å². The Hall–Kier alpha value is -1.13. The number of halogens is 2. The molecule has 2 aromatic rings. The Bertz CT molecular complexity index is 745. The van der Waals surface area contributed by atoms with Gasteiger partial charge in [0.05, 0.1) is 0 Å². The summed E-state index contributed by atoms with van der Waals surface area (Å²) in [5.41, 5.74) is 1.16. The molecule has 1 aromatic carbocycles. The maximum atomic E-state index is 6.22. The Morgan fingerprint density at radius 1 is 1.26 bits per heavy atom. The van der Waals surface area contributed by atoms with Crippen LogP contribution in [0.3, 0.4) is 0 Å². The first-order valence-electron chi connectivity index (χ1n) is 8.97. The van der Waals surface area contributed by atoms with E-state index >= 15 is 0 Å². The Morgan fingerprint density at radius 2 is 2.00 bits per heavy atom. The standard InChI is InChI=1S/C18H25ClN6S.HI/c1-3-16-22-18(26-23-16)25-12-10-24(11-13-25)17(20-2)21-9-8-14-6-4-5-7-15(14)19;/h4-7H,3,8-13H2,1-2H3,(H,20,21);1H. The number of benzene rings is 1. The third-order valence-corrected chi connectivity index (χ3v) is 5.65. The van der Waals surface area contributed by atoms with E-state index in [-0.39, 0.29) is 24.0 Å². The minimum Gasteiger partial charge on any atom is -0.356 e. The second kappa shape index (κ2) is 11.0. The molecular formula is C18H26ClIN6S. The van der Waals surface area contributed by atoms with Crippen LogP contribution in [-0.2, 0) is 12.8 Å². The number of guanidine groups is 1. The third kappa shape index (κ3) is 5.92. The third-order valence-electron chi connectivity index (χ3n) is 4.47. The smallest absolute Gasteiger partial charge is 0.205 e. The van der Waals surface area contributed by atoms with Gasteiger partial charge in [0.1, 0.15) is 5.82 Å². The fraction of sp³-hybridized carbons (Fsp3) is 0.500. The van der Waals surface area contributed by atoms with E-state index in [4.69, 9.17) is 11.6 Å². The van der Waals surface area contributed by atoms with E-state index in [0.29, 0.717) is 0 Å². The average molecular weight is 521 g/mol. The quantitative estimate of drug-likeness (QED) is 0.372. The summed E-state index contributed by atoms with van der Waals surface area (Å²) in [6.45, 7) is 6.61. The van der Waals surface area contributed by atoms with Gasteiger partial charge in [-0.25, -0.2) is 4.98 Å². The van der Waals surface area contributed by atoms with Gasteiger partial charge in [-0.05, 0) is 18.1 Å². The zero-order valence-electron chi connectivity index (χ0n) is 15.7. The highest BCUT2D eigenvalue weighted by molar-refractivity contribution is 14.0. The Balaban J connectivity index is 0.00000261. The molecule has 2 heterocycles. The van der Waals surface area contributed by atoms with Crippen LogP contribution in [-0.4, -0.2) is 60.0 Å². The van der Waals surface area contributed by atoms with Gasteiger partial charge in [-0.2, -0.15) is 4.37 Å². The van der Waals surface area contributed by atoms with Crippen molar-refractivity contribution in [3.05, 3.63) is 40.7 Å². The van der Waals surface area contributed by atoms with Crippen LogP contribution in [0.5, 0.6) is 0 Å². The molecule has 1 aliphatic rings. The van der Waals surface area contributed by atoms with Gasteiger partial charge in [0.2, 0.25) is 5.13 Å². The van der Waals surface area contributed by atoms with Crippen molar-refractivity contribution >= 4 is 58.2 Å². The molecule has 1 aromatic heterocycles. The number of nitrogens with zero attached hydrogens (tertiary/aromatic N) is 5. The van der Waals surface area contributed by atoms with Crippen LogP contribution < -0.4 is 10.2 Å². The molecule has 0 unspecified atom stereocenters. The number of hydrogen-bond acceptors (Lipinski definition) is 5. The first-order chi connectivity index (χ1) is 12.7. The molecule has 0 amide bonds. The van der Waals surface area contributed by atoms with Crippen molar-refractivity contribution in [2.45, 2.75) is 19.8 Å². The van der Waals surface area contributed by atoms with E-state index in [1.54, 1.807) is 0 Å². The number of aryl methyl sites for hydroxylation is 1. The summed E-state index contributed by atoms with van der Waals surface area (Å²) in [5, 5.41) is 5.31. The summed E-state index contributed by atoms with van der Waals surface area (Å²) in [6.07, 6.45) is 1.77. The molecule has 0 bridgehead atoms. The summed E-state index contributed by atoms with van der Waals surface area (Å²) < 4.78 is 4.39. The van der Waals surface area contributed by atoms with Crippen molar-refractivity contribution in [1.29, 1.82) is 0 Å². The fourth-order valence-electron chi connectivity index (χ4n) is 2.97. The van der Waals surface area contributed by atoms with Gasteiger partial charge in [-0.1, -0.05) is 36.7 Å². The number of aliphatic imine (C=N–C) groups is 1. The lowest BCUT2D eigenvalue weighted by molar-refractivity contribution is 0.372. The lowest BCUT2D eigenvalue weighted by Gasteiger charge is -2.36. The largest absolute Gasteiger partial charge is 0.356 e. The maximum Gasteiger partial charge on any atom is 0.205 e. The first kappa shape index (κ1) is 22.2. The SMILES string of the molecule is CCc1nsc(N2CCN(C(=NC)NCCc3ccccc3Cl)CC2)n1.I. The Kier molecular flexibility index (Phi) is 9.04. The molecule has 0 aliphatic carbocycles. The Morgan fingerprint density at radius 3 is 2.63 bits per heavy atom. The van der Waals surface area contributed by atoms with Crippen molar-refractivity contribution < 1.29 is 0 Å². The predicted octanol–water partition coefficient (Wildman–Crippen LogP) is 3.31. The molecule has 1 aliphatic heterocycles. The summed E-state index contributed by atoms with van der Waals surface area (Å²) in [7, 11) is 1.84. The highest BCUT2D eigenvalue weighted by Crippen LogP contribution is 2.19. The van der Waals surface area contributed by atoms with Crippen molar-refractivity contribution in [2.24, 2.45) is 4.99 Å². The van der Waals surface area contributed by atoms with Crippen LogP contribution in [0.25, 0.3) is 0 Å². The normalized spacial score (nSPS) is 14.9. The van der Waals surface area contributed by atoms with Crippen LogP contribution in [0.15, 0.2) is 29.3 Å². The van der Waals surface area contributed by atoms with Crippen LogP contribution in [0.4, 0.5) is 5.13 Å². The monoisotopic (exact) mass is 520 g/mol. The van der Waals surface area contributed by atoms with E-state index in [2.05, 4.69) is 42.5 Å². The summed E-state index contributed by atoms with van der Waals surface area (Å²) in [4.78, 5) is 13.6. The van der Waals surface area contributed by atoms with Gasteiger partial charge < -0.3 is 15.1 Å². The minimum absolute atomic E-state index is 0. The molecule has 1 N–H and O–H groups in total. The van der Waals surface area contributed by atoms with Crippen LogP contribution in [0.2, 0.25) is 5.02 Å². The zero-order chi connectivity index (χ0) is 18.4. The van der Waals surface area contributed by atoms with Gasteiger partial charge in [-0.3, -0.25) is 4.99 Å². The molecule has 0 spiro atoms. The maximum absolute atomic E-state index is 6.22. The van der Waals surface area contributed by atoms with Gasteiger partial charge in [0, 0.05) is 62.7 Å². The minimum atomic E-state index is 0. The van der Waals surface area contributed by atoms with Gasteiger partial charge in [0.15, 0.2) is 5.96 Å². The molecule has 0 saturated carbocycles. The molecule has 9 heteroatoms. The molecular weight excluding hydrogens is 495 g/mol. The number of aromatic nitrogens is 2. The molecule has 148 valence electrons. The van der Waals surface area contributed by atoms with Crippen molar-refractivity contribution in [1.82, 2.24) is 19.6 Å². The van der Waals surface area contributed by atoms with E-state index in [1.807, 2.05) is 25.2 Å². The van der Waals surface area contributed by atoms with E-state index < -0.39 is 0 Å². The van der Waals surface area contributed by atoms with Crippen molar-refractivity contribution in [3.63, 3.8) is 0 Å². The number of piperazine rings is 1. The first-order valence-corrected chi connectivity index (χ1v) is 10.1. The second-order valence-corrected chi connectivity index (χ2v) is 7.27.